The quantitative estimate of drug-likeness (QED) is 0.153. The molecule has 6 N–H and O–H groups in total. The first-order valence-electron chi connectivity index (χ1n) is 16.6. The minimum atomic E-state index is -1.43. The number of Topliss-reactive ketones (excluding diaryl/α,β-unsaturated/α-hetero) is 1. The number of fused-ring (bicyclic) bond motifs is 1. The number of aryl methyl sites for hydroxylation is 2. The summed E-state index contributed by atoms with van der Waals surface area (Å²) in [5.74, 6) is -2.33. The third-order valence-electron chi connectivity index (χ3n) is 8.66. The lowest BCUT2D eigenvalue weighted by molar-refractivity contribution is -0.148. The van der Waals surface area contributed by atoms with E-state index in [4.69, 9.17) is 21.6 Å². The summed E-state index contributed by atoms with van der Waals surface area (Å²) in [5.41, 5.74) is 17.0. The molecule has 0 unspecified atom stereocenters. The van der Waals surface area contributed by atoms with Crippen LogP contribution in [-0.2, 0) is 38.4 Å². The number of rotatable bonds is 8. The number of benzene rings is 1. The van der Waals surface area contributed by atoms with Crippen LogP contribution in [0, 0.1) is 5.92 Å². The monoisotopic (exact) mass is 708 g/mol. The van der Waals surface area contributed by atoms with E-state index in [1.54, 1.807) is 40.8 Å². The van der Waals surface area contributed by atoms with Crippen LogP contribution in [0.25, 0.3) is 20.8 Å². The standard InChI is InChI=1S/C27H28N6O2S.C10H12N2O3/c1-3-17-11-20(14-30-24(17)28)31-25(34)27(35)33-15-16(2)6-8-22(33)18-7-9-23-21(12-18)32-26(36-23)19-5-4-10-29-13-19;1-2-7-3-6(5-12-9(7)11)4-8(13)10(14)15/h4-5,7,9-14,16,22H,3,6,8,15H2,1-2H3,(H2,28,30)(H,31,34);3,5H,2,4H2,1H3,(H2,11,12)(H,14,15)/t16-,22+;/m0./s1. The summed E-state index contributed by atoms with van der Waals surface area (Å²) in [7, 11) is 0. The second kappa shape index (κ2) is 16.3. The minimum Gasteiger partial charge on any atom is -0.475 e. The fourth-order valence-electron chi connectivity index (χ4n) is 5.89. The molecule has 0 radical (unpaired) electrons. The van der Waals surface area contributed by atoms with Crippen LogP contribution >= 0.6 is 11.3 Å². The molecule has 5 heterocycles. The molecule has 1 aliphatic heterocycles. The van der Waals surface area contributed by atoms with Crippen molar-refractivity contribution in [2.45, 2.75) is 58.9 Å². The molecule has 0 saturated carbocycles. The predicted octanol–water partition coefficient (Wildman–Crippen LogP) is 5.26. The third-order valence-corrected chi connectivity index (χ3v) is 9.75. The van der Waals surface area contributed by atoms with Gasteiger partial charge >= 0.3 is 17.8 Å². The second-order valence-corrected chi connectivity index (χ2v) is 13.4. The zero-order valence-corrected chi connectivity index (χ0v) is 29.4. The van der Waals surface area contributed by atoms with Gasteiger partial charge in [-0.1, -0.05) is 32.9 Å². The molecule has 1 aliphatic rings. The maximum Gasteiger partial charge on any atom is 0.372 e. The van der Waals surface area contributed by atoms with Gasteiger partial charge in [-0.3, -0.25) is 19.4 Å². The molecule has 4 aromatic heterocycles. The molecular formula is C37H40N8O5S. The Morgan fingerprint density at radius 1 is 0.961 bits per heavy atom. The number of ketones is 1. The van der Waals surface area contributed by atoms with E-state index in [9.17, 15) is 19.2 Å². The predicted molar refractivity (Wildman–Crippen MR) is 197 cm³/mol. The zero-order valence-electron chi connectivity index (χ0n) is 28.6. The summed E-state index contributed by atoms with van der Waals surface area (Å²) in [6.07, 6.45) is 9.46. The van der Waals surface area contributed by atoms with Gasteiger partial charge in [-0.2, -0.15) is 0 Å². The van der Waals surface area contributed by atoms with Crippen molar-refractivity contribution >= 4 is 62.4 Å². The Morgan fingerprint density at radius 3 is 2.37 bits per heavy atom. The zero-order chi connectivity index (χ0) is 36.7. The highest BCUT2D eigenvalue weighted by atomic mass is 32.1. The van der Waals surface area contributed by atoms with Gasteiger partial charge in [0.1, 0.15) is 16.6 Å². The van der Waals surface area contributed by atoms with Crippen molar-refractivity contribution in [3.63, 3.8) is 0 Å². The first-order chi connectivity index (χ1) is 24.5. The van der Waals surface area contributed by atoms with Crippen LogP contribution < -0.4 is 16.8 Å². The summed E-state index contributed by atoms with van der Waals surface area (Å²) in [6, 6.07) is 13.3. The van der Waals surface area contributed by atoms with Crippen LogP contribution in [0.1, 0.15) is 61.9 Å². The van der Waals surface area contributed by atoms with Crippen molar-refractivity contribution < 1.29 is 24.3 Å². The number of amides is 2. The molecule has 14 heteroatoms. The average Bonchev–Trinajstić information content (AvgIpc) is 3.57. The number of carboxylic acid groups (broad SMARTS) is 1. The number of likely N-dealkylation sites (tertiary alicyclic amines) is 1. The number of aromatic nitrogens is 4. The average molecular weight is 709 g/mol. The Balaban J connectivity index is 0.000000283. The number of piperidine rings is 1. The maximum atomic E-state index is 13.4. The lowest BCUT2D eigenvalue weighted by atomic mass is 9.89. The molecule has 0 bridgehead atoms. The summed E-state index contributed by atoms with van der Waals surface area (Å²) in [5, 5.41) is 12.0. The van der Waals surface area contributed by atoms with E-state index < -0.39 is 23.6 Å². The molecule has 6 rings (SSSR count). The highest BCUT2D eigenvalue weighted by molar-refractivity contribution is 7.21. The van der Waals surface area contributed by atoms with E-state index in [1.165, 1.54) is 12.4 Å². The number of carboxylic acids is 1. The van der Waals surface area contributed by atoms with E-state index in [2.05, 4.69) is 33.3 Å². The van der Waals surface area contributed by atoms with Crippen molar-refractivity contribution in [3.8, 4) is 10.6 Å². The van der Waals surface area contributed by atoms with Gasteiger partial charge in [0, 0.05) is 37.1 Å². The Hall–Kier alpha value is -5.76. The third kappa shape index (κ3) is 8.89. The van der Waals surface area contributed by atoms with Crippen molar-refractivity contribution in [1.82, 2.24) is 24.8 Å². The van der Waals surface area contributed by atoms with Gasteiger partial charge in [-0.15, -0.1) is 11.3 Å². The van der Waals surface area contributed by atoms with E-state index >= 15 is 0 Å². The van der Waals surface area contributed by atoms with Gasteiger partial charge in [0.2, 0.25) is 5.78 Å². The SMILES string of the molecule is CCc1cc(CC(=O)C(=O)O)cnc1N.CCc1cc(NC(=O)C(=O)N2C[C@@H](C)CC[C@@H]2c2ccc3sc(-c4cccnc4)nc3c2)cnc1N. The van der Waals surface area contributed by atoms with Crippen LogP contribution in [0.2, 0.25) is 0 Å². The molecule has 13 nitrogen and oxygen atoms in total. The molecular weight excluding hydrogens is 669 g/mol. The molecule has 1 aromatic carbocycles. The topological polar surface area (TPSA) is 207 Å². The number of anilines is 3. The van der Waals surface area contributed by atoms with Gasteiger partial charge < -0.3 is 26.8 Å². The number of nitrogens with zero attached hydrogens (tertiary/aromatic N) is 5. The molecule has 5 aromatic rings. The number of hydrogen-bond acceptors (Lipinski definition) is 11. The Kier molecular flexibility index (Phi) is 11.7. The molecule has 1 fully saturated rings. The molecule has 0 aliphatic carbocycles. The second-order valence-electron chi connectivity index (χ2n) is 12.4. The highest BCUT2D eigenvalue weighted by Crippen LogP contribution is 2.37. The van der Waals surface area contributed by atoms with E-state index in [0.717, 1.165) is 50.3 Å². The first-order valence-corrected chi connectivity index (χ1v) is 17.5. The molecule has 2 amide bonds. The van der Waals surface area contributed by atoms with Crippen LogP contribution in [0.15, 0.2) is 67.3 Å². The maximum absolute atomic E-state index is 13.4. The van der Waals surface area contributed by atoms with Crippen LogP contribution in [0.3, 0.4) is 0 Å². The number of nitrogens with one attached hydrogen (secondary N) is 1. The highest BCUT2D eigenvalue weighted by Gasteiger charge is 2.34. The summed E-state index contributed by atoms with van der Waals surface area (Å²) < 4.78 is 1.07. The molecule has 264 valence electrons. The fourth-order valence-corrected chi connectivity index (χ4v) is 6.82. The van der Waals surface area contributed by atoms with E-state index in [1.807, 2.05) is 38.1 Å². The van der Waals surface area contributed by atoms with Crippen molar-refractivity contribution in [3.05, 3.63) is 89.5 Å². The van der Waals surface area contributed by atoms with Crippen molar-refractivity contribution in [1.29, 1.82) is 0 Å². The first kappa shape index (κ1) is 36.5. The number of carbonyl (C=O) groups excluding carboxylic acids is 3. The van der Waals surface area contributed by atoms with Gasteiger partial charge in [0.05, 0.1) is 28.1 Å². The number of thiazole rings is 1. The van der Waals surface area contributed by atoms with Crippen LogP contribution in [-0.4, -0.2) is 60.1 Å². The van der Waals surface area contributed by atoms with Gasteiger partial charge in [-0.05, 0) is 84.2 Å². The number of pyridine rings is 3. The Morgan fingerprint density at radius 2 is 1.69 bits per heavy atom. The summed E-state index contributed by atoms with van der Waals surface area (Å²) >= 11 is 1.61. The van der Waals surface area contributed by atoms with Gasteiger partial charge in [0.25, 0.3) is 0 Å². The Bertz CT molecular complexity index is 2070. The van der Waals surface area contributed by atoms with E-state index in [0.29, 0.717) is 48.2 Å². The smallest absolute Gasteiger partial charge is 0.372 e. The van der Waals surface area contributed by atoms with Gasteiger partial charge in [0.15, 0.2) is 0 Å². The number of aliphatic carboxylic acids is 1. The molecule has 2 atom stereocenters. The lowest BCUT2D eigenvalue weighted by Gasteiger charge is -2.38. The number of hydrogen-bond donors (Lipinski definition) is 4. The summed E-state index contributed by atoms with van der Waals surface area (Å²) in [4.78, 5) is 66.3. The Labute approximate surface area is 299 Å². The minimum absolute atomic E-state index is 0.143. The normalized spacial score (nSPS) is 15.5. The van der Waals surface area contributed by atoms with E-state index in [-0.39, 0.29) is 12.5 Å². The fraction of sp³-hybridized carbons (Fsp3) is 0.297. The van der Waals surface area contributed by atoms with Crippen molar-refractivity contribution in [2.75, 3.05) is 23.3 Å². The van der Waals surface area contributed by atoms with Crippen LogP contribution in [0.5, 0.6) is 0 Å². The van der Waals surface area contributed by atoms with Gasteiger partial charge in [-0.25, -0.2) is 19.7 Å². The molecule has 51 heavy (non-hydrogen) atoms. The number of carbonyl (C=O) groups is 4. The lowest BCUT2D eigenvalue weighted by Crippen LogP contribution is -2.46. The number of nitrogens with two attached hydrogens (primary N) is 2. The van der Waals surface area contributed by atoms with Crippen LogP contribution in [0.4, 0.5) is 17.3 Å². The van der Waals surface area contributed by atoms with Crippen molar-refractivity contribution in [2.24, 2.45) is 5.92 Å². The molecule has 1 saturated heterocycles. The largest absolute Gasteiger partial charge is 0.475 e. The summed E-state index contributed by atoms with van der Waals surface area (Å²) in [6.45, 7) is 6.50. The molecule has 0 spiro atoms. The number of nitrogen functional groups attached to an aromatic ring is 2.